The van der Waals surface area contributed by atoms with E-state index in [1.54, 1.807) is 0 Å². The molecule has 94 valence electrons. The molecule has 2 saturated heterocycles. The SMILES string of the molecule is NCCC1CCCCN1CC1CCCCO1. The molecule has 0 aliphatic carbocycles. The van der Waals surface area contributed by atoms with Crippen molar-refractivity contribution >= 4 is 0 Å². The maximum Gasteiger partial charge on any atom is 0.0702 e. The molecule has 2 rings (SSSR count). The summed E-state index contributed by atoms with van der Waals surface area (Å²) >= 11 is 0. The topological polar surface area (TPSA) is 38.5 Å². The summed E-state index contributed by atoms with van der Waals surface area (Å²) in [7, 11) is 0. The van der Waals surface area contributed by atoms with Gasteiger partial charge in [-0.15, -0.1) is 0 Å². The van der Waals surface area contributed by atoms with Gasteiger partial charge in [0.25, 0.3) is 0 Å². The summed E-state index contributed by atoms with van der Waals surface area (Å²) in [5, 5.41) is 0. The maximum absolute atomic E-state index is 5.83. The fourth-order valence-corrected chi connectivity index (χ4v) is 3.03. The van der Waals surface area contributed by atoms with Gasteiger partial charge in [0, 0.05) is 19.2 Å². The molecule has 0 radical (unpaired) electrons. The molecule has 0 bridgehead atoms. The Balaban J connectivity index is 1.80. The number of nitrogens with two attached hydrogens (primary N) is 1. The first-order valence-corrected chi connectivity index (χ1v) is 6.96. The van der Waals surface area contributed by atoms with Crippen molar-refractivity contribution in [2.45, 2.75) is 57.1 Å². The van der Waals surface area contributed by atoms with E-state index in [4.69, 9.17) is 10.5 Å². The van der Waals surface area contributed by atoms with Gasteiger partial charge in [0.2, 0.25) is 0 Å². The van der Waals surface area contributed by atoms with Gasteiger partial charge in [-0.3, -0.25) is 4.90 Å². The first kappa shape index (κ1) is 12.3. The highest BCUT2D eigenvalue weighted by Crippen LogP contribution is 2.22. The summed E-state index contributed by atoms with van der Waals surface area (Å²) in [6.07, 6.45) is 9.58. The number of likely N-dealkylation sites (tertiary alicyclic amines) is 1. The van der Waals surface area contributed by atoms with Gasteiger partial charge in [-0.2, -0.15) is 0 Å². The monoisotopic (exact) mass is 226 g/mol. The molecule has 2 fully saturated rings. The van der Waals surface area contributed by atoms with Gasteiger partial charge in [-0.05, 0) is 51.6 Å². The zero-order valence-electron chi connectivity index (χ0n) is 10.4. The van der Waals surface area contributed by atoms with Crippen molar-refractivity contribution in [3.63, 3.8) is 0 Å². The second-order valence-electron chi connectivity index (χ2n) is 5.21. The van der Waals surface area contributed by atoms with Crippen LogP contribution in [0.1, 0.15) is 44.9 Å². The highest BCUT2D eigenvalue weighted by molar-refractivity contribution is 4.80. The van der Waals surface area contributed by atoms with Crippen molar-refractivity contribution in [2.24, 2.45) is 5.73 Å². The third-order valence-corrected chi connectivity index (χ3v) is 3.96. The lowest BCUT2D eigenvalue weighted by atomic mass is 9.98. The van der Waals surface area contributed by atoms with Gasteiger partial charge in [0.15, 0.2) is 0 Å². The molecule has 0 amide bonds. The molecule has 3 heteroatoms. The van der Waals surface area contributed by atoms with Crippen molar-refractivity contribution in [3.05, 3.63) is 0 Å². The van der Waals surface area contributed by atoms with Crippen LogP contribution in [0.3, 0.4) is 0 Å². The van der Waals surface area contributed by atoms with Crippen LogP contribution in [0.15, 0.2) is 0 Å². The van der Waals surface area contributed by atoms with E-state index in [0.717, 1.165) is 32.2 Å². The molecule has 0 aromatic rings. The number of piperidine rings is 1. The number of rotatable bonds is 4. The Morgan fingerprint density at radius 3 is 2.75 bits per heavy atom. The van der Waals surface area contributed by atoms with Crippen LogP contribution in [0, 0.1) is 0 Å². The molecule has 2 aliphatic rings. The molecule has 2 atom stereocenters. The van der Waals surface area contributed by atoms with Crippen LogP contribution in [0.5, 0.6) is 0 Å². The highest BCUT2D eigenvalue weighted by Gasteiger charge is 2.25. The van der Waals surface area contributed by atoms with E-state index in [9.17, 15) is 0 Å². The number of hydrogen-bond acceptors (Lipinski definition) is 3. The molecule has 2 unspecified atom stereocenters. The Morgan fingerprint density at radius 1 is 1.12 bits per heavy atom. The summed E-state index contributed by atoms with van der Waals surface area (Å²) < 4.78 is 5.83. The van der Waals surface area contributed by atoms with Gasteiger partial charge >= 0.3 is 0 Å². The maximum atomic E-state index is 5.83. The van der Waals surface area contributed by atoms with Crippen LogP contribution in [0.25, 0.3) is 0 Å². The third-order valence-electron chi connectivity index (χ3n) is 3.96. The minimum atomic E-state index is 0.493. The van der Waals surface area contributed by atoms with Gasteiger partial charge in [0.1, 0.15) is 0 Å². The minimum absolute atomic E-state index is 0.493. The predicted molar refractivity (Wildman–Crippen MR) is 66.5 cm³/mol. The van der Waals surface area contributed by atoms with Crippen LogP contribution < -0.4 is 5.73 Å². The van der Waals surface area contributed by atoms with E-state index >= 15 is 0 Å². The molecule has 2 heterocycles. The van der Waals surface area contributed by atoms with Crippen LogP contribution in [-0.2, 0) is 4.74 Å². The van der Waals surface area contributed by atoms with E-state index in [1.807, 2.05) is 0 Å². The largest absolute Gasteiger partial charge is 0.377 e. The lowest BCUT2D eigenvalue weighted by molar-refractivity contribution is -0.0199. The lowest BCUT2D eigenvalue weighted by Crippen LogP contribution is -2.45. The van der Waals surface area contributed by atoms with E-state index in [2.05, 4.69) is 4.90 Å². The molecule has 2 N–H and O–H groups in total. The predicted octanol–water partition coefficient (Wildman–Crippen LogP) is 1.76. The summed E-state index contributed by atoms with van der Waals surface area (Å²) in [5.41, 5.74) is 5.70. The zero-order chi connectivity index (χ0) is 11.2. The average molecular weight is 226 g/mol. The molecular formula is C13H26N2O. The first-order chi connectivity index (χ1) is 7.90. The standard InChI is InChI=1S/C13H26N2O/c14-8-7-12-5-1-3-9-15(12)11-13-6-2-4-10-16-13/h12-13H,1-11,14H2. The molecule has 3 nitrogen and oxygen atoms in total. The Morgan fingerprint density at radius 2 is 2.00 bits per heavy atom. The Bertz CT molecular complexity index is 190. The average Bonchev–Trinajstić information content (AvgIpc) is 2.33. The van der Waals surface area contributed by atoms with Gasteiger partial charge in [0.05, 0.1) is 6.10 Å². The van der Waals surface area contributed by atoms with E-state index < -0.39 is 0 Å². The van der Waals surface area contributed by atoms with Crippen LogP contribution in [-0.4, -0.2) is 43.3 Å². The molecule has 16 heavy (non-hydrogen) atoms. The normalized spacial score (nSPS) is 32.8. The number of hydrogen-bond donors (Lipinski definition) is 1. The van der Waals surface area contributed by atoms with Crippen molar-refractivity contribution < 1.29 is 4.74 Å². The van der Waals surface area contributed by atoms with Crippen LogP contribution in [0.2, 0.25) is 0 Å². The highest BCUT2D eigenvalue weighted by atomic mass is 16.5. The van der Waals surface area contributed by atoms with Gasteiger partial charge < -0.3 is 10.5 Å². The molecule has 0 aromatic carbocycles. The van der Waals surface area contributed by atoms with E-state index in [-0.39, 0.29) is 0 Å². The lowest BCUT2D eigenvalue weighted by Gasteiger charge is -2.38. The molecule has 2 aliphatic heterocycles. The third kappa shape index (κ3) is 3.44. The van der Waals surface area contributed by atoms with Crippen LogP contribution in [0.4, 0.5) is 0 Å². The van der Waals surface area contributed by atoms with Crippen molar-refractivity contribution in [1.82, 2.24) is 4.90 Å². The molecule has 0 aromatic heterocycles. The number of ether oxygens (including phenoxy) is 1. The minimum Gasteiger partial charge on any atom is -0.377 e. The molecule has 0 saturated carbocycles. The smallest absolute Gasteiger partial charge is 0.0702 e. The quantitative estimate of drug-likeness (QED) is 0.794. The van der Waals surface area contributed by atoms with Gasteiger partial charge in [-0.25, -0.2) is 0 Å². The number of nitrogens with zero attached hydrogens (tertiary/aromatic N) is 1. The second kappa shape index (κ2) is 6.58. The summed E-state index contributed by atoms with van der Waals surface area (Å²) in [6, 6.07) is 0.726. The van der Waals surface area contributed by atoms with Crippen molar-refractivity contribution in [2.75, 3.05) is 26.2 Å². The molecular weight excluding hydrogens is 200 g/mol. The fourth-order valence-electron chi connectivity index (χ4n) is 3.03. The Labute approximate surface area is 99.3 Å². The molecule has 0 spiro atoms. The fraction of sp³-hybridized carbons (Fsp3) is 1.00. The summed E-state index contributed by atoms with van der Waals surface area (Å²) in [6.45, 7) is 4.20. The summed E-state index contributed by atoms with van der Waals surface area (Å²) in [5.74, 6) is 0. The first-order valence-electron chi connectivity index (χ1n) is 6.96. The van der Waals surface area contributed by atoms with Gasteiger partial charge in [-0.1, -0.05) is 6.42 Å². The zero-order valence-corrected chi connectivity index (χ0v) is 10.4. The van der Waals surface area contributed by atoms with E-state index in [1.165, 1.54) is 45.1 Å². The van der Waals surface area contributed by atoms with E-state index in [0.29, 0.717) is 6.10 Å². The Kier molecular flexibility index (Phi) is 5.07. The Hall–Kier alpha value is -0.120. The summed E-state index contributed by atoms with van der Waals surface area (Å²) in [4.78, 5) is 2.63. The second-order valence-corrected chi connectivity index (χ2v) is 5.21. The van der Waals surface area contributed by atoms with Crippen molar-refractivity contribution in [3.8, 4) is 0 Å². The van der Waals surface area contributed by atoms with Crippen molar-refractivity contribution in [1.29, 1.82) is 0 Å². The van der Waals surface area contributed by atoms with Crippen LogP contribution >= 0.6 is 0 Å².